The standard InChI is InChI=1S/C10H11N5O2/c1-5-3-8-7(4-13-5)14-10(17-8)15-9(12)16-6(2)11/h3-4,11H,1-2H3,(H2,12,14,15). The van der Waals surface area contributed by atoms with Crippen LogP contribution in [-0.4, -0.2) is 21.9 Å². The Morgan fingerprint density at radius 2 is 2.35 bits per heavy atom. The Labute approximate surface area is 96.8 Å². The van der Waals surface area contributed by atoms with Crippen molar-refractivity contribution in [3.05, 3.63) is 18.0 Å². The highest BCUT2D eigenvalue weighted by atomic mass is 16.5. The highest BCUT2D eigenvalue weighted by Crippen LogP contribution is 2.20. The van der Waals surface area contributed by atoms with Crippen LogP contribution in [0.4, 0.5) is 6.01 Å². The number of hydrogen-bond acceptors (Lipinski definition) is 6. The highest BCUT2D eigenvalue weighted by Gasteiger charge is 2.06. The van der Waals surface area contributed by atoms with E-state index in [1.54, 1.807) is 12.3 Å². The Kier molecular flexibility index (Phi) is 2.73. The molecule has 0 unspecified atom stereocenters. The molecule has 2 aromatic rings. The molecule has 88 valence electrons. The summed E-state index contributed by atoms with van der Waals surface area (Å²) in [6.07, 6.45) is 1.59. The van der Waals surface area contributed by atoms with Gasteiger partial charge in [0, 0.05) is 18.7 Å². The van der Waals surface area contributed by atoms with Crippen molar-refractivity contribution in [2.45, 2.75) is 13.8 Å². The van der Waals surface area contributed by atoms with Crippen LogP contribution >= 0.6 is 0 Å². The molecular weight excluding hydrogens is 222 g/mol. The summed E-state index contributed by atoms with van der Waals surface area (Å²) in [7, 11) is 0. The number of nitrogens with zero attached hydrogens (tertiary/aromatic N) is 3. The first kappa shape index (κ1) is 11.1. The fraction of sp³-hybridized carbons (Fsp3) is 0.200. The first-order valence-electron chi connectivity index (χ1n) is 4.85. The molecular formula is C10H11N5O2. The minimum absolute atomic E-state index is 0.0557. The number of fused-ring (bicyclic) bond motifs is 1. The van der Waals surface area contributed by atoms with Crippen LogP contribution in [0.3, 0.4) is 0 Å². The molecule has 0 saturated carbocycles. The number of nitrogens with two attached hydrogens (primary N) is 1. The quantitative estimate of drug-likeness (QED) is 0.572. The first-order valence-corrected chi connectivity index (χ1v) is 4.85. The summed E-state index contributed by atoms with van der Waals surface area (Å²) in [5, 5.41) is 7.08. The molecule has 2 aromatic heterocycles. The number of pyridine rings is 1. The second-order valence-electron chi connectivity index (χ2n) is 3.40. The van der Waals surface area contributed by atoms with Crippen LogP contribution in [0.1, 0.15) is 12.6 Å². The van der Waals surface area contributed by atoms with Gasteiger partial charge in [-0.25, -0.2) is 0 Å². The van der Waals surface area contributed by atoms with E-state index in [0.717, 1.165) is 5.69 Å². The minimum Gasteiger partial charge on any atom is -0.422 e. The molecule has 0 amide bonds. The zero-order valence-electron chi connectivity index (χ0n) is 9.39. The summed E-state index contributed by atoms with van der Waals surface area (Å²) in [5.74, 6) is -0.0557. The lowest BCUT2D eigenvalue weighted by Crippen LogP contribution is -2.18. The van der Waals surface area contributed by atoms with Gasteiger partial charge in [0.25, 0.3) is 6.02 Å². The van der Waals surface area contributed by atoms with E-state index in [1.807, 2.05) is 6.92 Å². The number of rotatable bonds is 1. The normalized spacial score (nSPS) is 11.8. The number of amidine groups is 1. The van der Waals surface area contributed by atoms with E-state index < -0.39 is 0 Å². The fourth-order valence-electron chi connectivity index (χ4n) is 1.24. The molecule has 0 aliphatic carbocycles. The maximum absolute atomic E-state index is 7.08. The number of nitrogens with one attached hydrogen (secondary N) is 1. The SMILES string of the molecule is CC(=N)O/C(N)=N/c1nc2cnc(C)cc2o1. The lowest BCUT2D eigenvalue weighted by atomic mass is 10.3. The third-order valence-electron chi connectivity index (χ3n) is 1.86. The van der Waals surface area contributed by atoms with E-state index in [1.165, 1.54) is 6.92 Å². The van der Waals surface area contributed by atoms with Crippen molar-refractivity contribution in [3.8, 4) is 0 Å². The summed E-state index contributed by atoms with van der Waals surface area (Å²) < 4.78 is 10.1. The molecule has 0 saturated heterocycles. The molecule has 0 fully saturated rings. The average Bonchev–Trinajstić information content (AvgIpc) is 2.57. The van der Waals surface area contributed by atoms with E-state index in [-0.39, 0.29) is 17.9 Å². The van der Waals surface area contributed by atoms with Gasteiger partial charge < -0.3 is 14.9 Å². The van der Waals surface area contributed by atoms with Crippen molar-refractivity contribution >= 4 is 29.0 Å². The molecule has 0 aliphatic rings. The van der Waals surface area contributed by atoms with Crippen LogP contribution in [0.5, 0.6) is 0 Å². The third-order valence-corrected chi connectivity index (χ3v) is 1.86. The topological polar surface area (TPSA) is 110 Å². The van der Waals surface area contributed by atoms with Crippen LogP contribution < -0.4 is 5.73 Å². The maximum atomic E-state index is 7.08. The van der Waals surface area contributed by atoms with E-state index in [4.69, 9.17) is 20.3 Å². The van der Waals surface area contributed by atoms with Crippen LogP contribution in [0.2, 0.25) is 0 Å². The molecule has 7 nitrogen and oxygen atoms in total. The van der Waals surface area contributed by atoms with Gasteiger partial charge in [-0.15, -0.1) is 4.99 Å². The van der Waals surface area contributed by atoms with Crippen molar-refractivity contribution in [2.75, 3.05) is 0 Å². The van der Waals surface area contributed by atoms with Crippen molar-refractivity contribution in [1.29, 1.82) is 5.41 Å². The van der Waals surface area contributed by atoms with Gasteiger partial charge in [0.15, 0.2) is 11.5 Å². The molecule has 7 heteroatoms. The Bertz CT molecular complexity index is 602. The summed E-state index contributed by atoms with van der Waals surface area (Å²) in [6, 6.07) is 1.64. The van der Waals surface area contributed by atoms with Gasteiger partial charge in [-0.3, -0.25) is 10.4 Å². The summed E-state index contributed by atoms with van der Waals surface area (Å²) in [6.45, 7) is 3.29. The largest absolute Gasteiger partial charge is 0.422 e. The van der Waals surface area contributed by atoms with Gasteiger partial charge in [0.1, 0.15) is 5.52 Å². The zero-order valence-corrected chi connectivity index (χ0v) is 9.39. The number of oxazole rings is 1. The lowest BCUT2D eigenvalue weighted by molar-refractivity contribution is 0.520. The van der Waals surface area contributed by atoms with Crippen molar-refractivity contribution in [3.63, 3.8) is 0 Å². The molecule has 0 radical (unpaired) electrons. The van der Waals surface area contributed by atoms with Gasteiger partial charge in [0.2, 0.25) is 0 Å². The third kappa shape index (κ3) is 2.57. The number of aryl methyl sites for hydroxylation is 1. The fourth-order valence-corrected chi connectivity index (χ4v) is 1.24. The molecule has 2 heterocycles. The van der Waals surface area contributed by atoms with E-state index in [0.29, 0.717) is 11.1 Å². The average molecular weight is 233 g/mol. The molecule has 0 bridgehead atoms. The smallest absolute Gasteiger partial charge is 0.327 e. The molecule has 17 heavy (non-hydrogen) atoms. The number of aliphatic imine (C=N–C) groups is 1. The second kappa shape index (κ2) is 4.20. The minimum atomic E-state index is -0.186. The lowest BCUT2D eigenvalue weighted by Gasteiger charge is -1.98. The number of aromatic nitrogens is 2. The monoisotopic (exact) mass is 233 g/mol. The molecule has 0 aromatic carbocycles. The van der Waals surface area contributed by atoms with E-state index >= 15 is 0 Å². The number of ether oxygens (including phenoxy) is 1. The molecule has 2 rings (SSSR count). The molecule has 0 aliphatic heterocycles. The predicted octanol–water partition coefficient (Wildman–Crippen LogP) is 1.49. The Morgan fingerprint density at radius 3 is 3.06 bits per heavy atom. The van der Waals surface area contributed by atoms with Gasteiger partial charge in [-0.2, -0.15) is 4.98 Å². The Hall–Kier alpha value is -2.44. The Morgan fingerprint density at radius 1 is 1.59 bits per heavy atom. The number of hydrogen-bond donors (Lipinski definition) is 2. The van der Waals surface area contributed by atoms with E-state index in [2.05, 4.69) is 15.0 Å². The molecule has 0 atom stereocenters. The van der Waals surface area contributed by atoms with Crippen molar-refractivity contribution < 1.29 is 9.15 Å². The van der Waals surface area contributed by atoms with Gasteiger partial charge in [-0.1, -0.05) is 0 Å². The zero-order chi connectivity index (χ0) is 12.4. The maximum Gasteiger partial charge on any atom is 0.327 e. The van der Waals surface area contributed by atoms with E-state index in [9.17, 15) is 0 Å². The van der Waals surface area contributed by atoms with Crippen LogP contribution in [0, 0.1) is 12.3 Å². The van der Waals surface area contributed by atoms with Gasteiger partial charge in [-0.05, 0) is 6.92 Å². The van der Waals surface area contributed by atoms with Crippen LogP contribution in [-0.2, 0) is 4.74 Å². The highest BCUT2D eigenvalue weighted by molar-refractivity contribution is 5.87. The van der Waals surface area contributed by atoms with Crippen LogP contribution in [0.15, 0.2) is 21.7 Å². The second-order valence-corrected chi connectivity index (χ2v) is 3.40. The first-order chi connectivity index (χ1) is 8.04. The van der Waals surface area contributed by atoms with Crippen LogP contribution in [0.25, 0.3) is 11.1 Å². The molecule has 0 spiro atoms. The van der Waals surface area contributed by atoms with Gasteiger partial charge in [0.05, 0.1) is 6.20 Å². The van der Waals surface area contributed by atoms with Crippen molar-refractivity contribution in [2.24, 2.45) is 10.7 Å². The molecule has 3 N–H and O–H groups in total. The Balaban J connectivity index is 2.33. The van der Waals surface area contributed by atoms with Gasteiger partial charge >= 0.3 is 6.01 Å². The van der Waals surface area contributed by atoms with Crippen molar-refractivity contribution in [1.82, 2.24) is 9.97 Å². The summed E-state index contributed by atoms with van der Waals surface area (Å²) >= 11 is 0. The summed E-state index contributed by atoms with van der Waals surface area (Å²) in [4.78, 5) is 11.9. The summed E-state index contributed by atoms with van der Waals surface area (Å²) in [5.41, 5.74) is 7.42. The predicted molar refractivity (Wildman–Crippen MR) is 62.3 cm³/mol.